The maximum Gasteiger partial charge on any atom is 0.257 e. The first-order valence-corrected chi connectivity index (χ1v) is 13.3. The third-order valence-electron chi connectivity index (χ3n) is 4.34. The molecule has 8 nitrogen and oxygen atoms in total. The molecule has 3 rings (SSSR count). The zero-order valence-electron chi connectivity index (χ0n) is 18.8. The van der Waals surface area contributed by atoms with E-state index in [4.69, 9.17) is 9.47 Å². The Hall–Kier alpha value is -3.11. The molecule has 33 heavy (non-hydrogen) atoms. The van der Waals surface area contributed by atoms with Gasteiger partial charge in [-0.2, -0.15) is 0 Å². The summed E-state index contributed by atoms with van der Waals surface area (Å²) in [6.45, 7) is 5.14. The summed E-state index contributed by atoms with van der Waals surface area (Å²) >= 11 is 1.30. The monoisotopic (exact) mass is 489 g/mol. The number of thiazole rings is 1. The quantitative estimate of drug-likeness (QED) is 0.392. The average molecular weight is 490 g/mol. The number of nitrogens with one attached hydrogen (secondary N) is 2. The average Bonchev–Trinajstić information content (AvgIpc) is 3.24. The predicted octanol–water partition coefficient (Wildman–Crippen LogP) is 5.01. The van der Waals surface area contributed by atoms with E-state index in [0.717, 1.165) is 24.7 Å². The summed E-state index contributed by atoms with van der Waals surface area (Å²) in [7, 11) is -3.33. The third kappa shape index (κ3) is 7.19. The van der Waals surface area contributed by atoms with Crippen LogP contribution in [0, 0.1) is 0 Å². The van der Waals surface area contributed by atoms with Crippen molar-refractivity contribution in [2.45, 2.75) is 26.7 Å². The van der Waals surface area contributed by atoms with Gasteiger partial charge in [-0.25, -0.2) is 13.4 Å². The van der Waals surface area contributed by atoms with E-state index < -0.39 is 10.0 Å². The molecule has 1 amide bonds. The molecule has 2 N–H and O–H groups in total. The fourth-order valence-electron chi connectivity index (χ4n) is 2.86. The van der Waals surface area contributed by atoms with E-state index in [1.165, 1.54) is 11.3 Å². The van der Waals surface area contributed by atoms with E-state index in [-0.39, 0.29) is 5.91 Å². The summed E-state index contributed by atoms with van der Waals surface area (Å²) in [6, 6.07) is 12.0. The molecule has 0 atom stereocenters. The number of hydrogen-bond acceptors (Lipinski definition) is 7. The minimum absolute atomic E-state index is 0.299. The number of nitrogens with zero attached hydrogens (tertiary/aromatic N) is 1. The molecule has 10 heteroatoms. The van der Waals surface area contributed by atoms with Crippen LogP contribution in [0.3, 0.4) is 0 Å². The molecule has 1 heterocycles. The van der Waals surface area contributed by atoms with Gasteiger partial charge in [-0.3, -0.25) is 14.8 Å². The van der Waals surface area contributed by atoms with Crippen molar-refractivity contribution in [2.24, 2.45) is 0 Å². The normalized spacial score (nSPS) is 11.1. The zero-order chi connectivity index (χ0) is 23.8. The summed E-state index contributed by atoms with van der Waals surface area (Å²) in [5, 5.41) is 5.10. The van der Waals surface area contributed by atoms with E-state index in [1.54, 1.807) is 42.5 Å². The van der Waals surface area contributed by atoms with Gasteiger partial charge in [-0.1, -0.05) is 26.0 Å². The molecule has 1 aromatic heterocycles. The number of hydrogen-bond donors (Lipinski definition) is 2. The minimum Gasteiger partial charge on any atom is -0.490 e. The van der Waals surface area contributed by atoms with Crippen LogP contribution in [0.2, 0.25) is 0 Å². The molecule has 0 unspecified atom stereocenters. The lowest BCUT2D eigenvalue weighted by molar-refractivity contribution is 0.102. The summed E-state index contributed by atoms with van der Waals surface area (Å²) < 4.78 is 36.6. The van der Waals surface area contributed by atoms with Crippen LogP contribution >= 0.6 is 11.3 Å². The van der Waals surface area contributed by atoms with Crippen LogP contribution in [0.15, 0.2) is 47.8 Å². The maximum atomic E-state index is 12.8. The lowest BCUT2D eigenvalue weighted by atomic mass is 10.1. The minimum atomic E-state index is -3.33. The van der Waals surface area contributed by atoms with Gasteiger partial charge in [0.05, 0.1) is 25.2 Å². The Bertz CT molecular complexity index is 1190. The van der Waals surface area contributed by atoms with Gasteiger partial charge in [-0.15, -0.1) is 11.3 Å². The molecule has 0 fully saturated rings. The number of anilines is 2. The molecule has 0 aliphatic carbocycles. The highest BCUT2D eigenvalue weighted by atomic mass is 32.2. The maximum absolute atomic E-state index is 12.8. The molecule has 176 valence electrons. The van der Waals surface area contributed by atoms with E-state index in [9.17, 15) is 13.2 Å². The summed E-state index contributed by atoms with van der Waals surface area (Å²) in [6.07, 6.45) is 2.82. The largest absolute Gasteiger partial charge is 0.490 e. The number of carbonyl (C=O) groups is 1. The van der Waals surface area contributed by atoms with Crippen LogP contribution in [0.1, 0.15) is 37.0 Å². The summed E-state index contributed by atoms with van der Waals surface area (Å²) in [5.41, 5.74) is 2.39. The fraction of sp³-hybridized carbons (Fsp3) is 0.304. The lowest BCUT2D eigenvalue weighted by Gasteiger charge is -2.13. The summed E-state index contributed by atoms with van der Waals surface area (Å²) in [5.74, 6) is 0.861. The Labute approximate surface area is 198 Å². The van der Waals surface area contributed by atoms with Crippen LogP contribution < -0.4 is 19.5 Å². The number of carbonyl (C=O) groups excluding carboxylic acids is 1. The Morgan fingerprint density at radius 1 is 1.00 bits per heavy atom. The van der Waals surface area contributed by atoms with E-state index in [2.05, 4.69) is 15.0 Å². The van der Waals surface area contributed by atoms with Crippen molar-refractivity contribution in [1.82, 2.24) is 4.98 Å². The predicted molar refractivity (Wildman–Crippen MR) is 132 cm³/mol. The molecule has 0 radical (unpaired) electrons. The van der Waals surface area contributed by atoms with Crippen LogP contribution in [-0.2, 0) is 10.0 Å². The highest BCUT2D eigenvalue weighted by Crippen LogP contribution is 2.30. The highest BCUT2D eigenvalue weighted by Gasteiger charge is 2.14. The topological polar surface area (TPSA) is 107 Å². The van der Waals surface area contributed by atoms with E-state index in [1.807, 2.05) is 19.2 Å². The molecule has 0 aliphatic heterocycles. The standard InChI is InChI=1S/C23H27N3O5S2/c1-4-12-30-20-11-8-17(14-21(20)31-13-5-2)22(27)25-23-24-19(15-32-23)16-6-9-18(10-7-16)26-33(3,28)29/h6-11,14-15,26H,4-5,12-13H2,1-3H3,(H,24,25,27). The molecular formula is C23H27N3O5S2. The van der Waals surface area contributed by atoms with Crippen LogP contribution in [0.25, 0.3) is 11.3 Å². The van der Waals surface area contributed by atoms with Crippen LogP contribution in [-0.4, -0.2) is 38.8 Å². The molecule has 0 spiro atoms. The van der Waals surface area contributed by atoms with Crippen molar-refractivity contribution in [1.29, 1.82) is 0 Å². The second kappa shape index (κ2) is 11.2. The number of sulfonamides is 1. The number of aromatic nitrogens is 1. The van der Waals surface area contributed by atoms with Crippen LogP contribution in [0.5, 0.6) is 11.5 Å². The van der Waals surface area contributed by atoms with Gasteiger partial charge < -0.3 is 9.47 Å². The van der Waals surface area contributed by atoms with Gasteiger partial charge in [0, 0.05) is 22.2 Å². The van der Waals surface area contributed by atoms with Crippen molar-refractivity contribution in [3.8, 4) is 22.8 Å². The first-order chi connectivity index (χ1) is 15.8. The van der Waals surface area contributed by atoms with Crippen molar-refractivity contribution in [3.63, 3.8) is 0 Å². The summed E-state index contributed by atoms with van der Waals surface area (Å²) in [4.78, 5) is 17.3. The second-order valence-electron chi connectivity index (χ2n) is 7.30. The van der Waals surface area contributed by atoms with E-state index in [0.29, 0.717) is 46.8 Å². The van der Waals surface area contributed by atoms with Gasteiger partial charge in [0.2, 0.25) is 10.0 Å². The number of rotatable bonds is 11. The molecule has 3 aromatic rings. The third-order valence-corrected chi connectivity index (χ3v) is 5.70. The zero-order valence-corrected chi connectivity index (χ0v) is 20.4. The van der Waals surface area contributed by atoms with Crippen molar-refractivity contribution < 1.29 is 22.7 Å². The molecule has 2 aromatic carbocycles. The number of benzene rings is 2. The molecule has 0 bridgehead atoms. The van der Waals surface area contributed by atoms with Crippen molar-refractivity contribution in [3.05, 3.63) is 53.4 Å². The van der Waals surface area contributed by atoms with Crippen molar-refractivity contribution >= 4 is 38.1 Å². The second-order valence-corrected chi connectivity index (χ2v) is 9.91. The van der Waals surface area contributed by atoms with Gasteiger partial charge >= 0.3 is 0 Å². The Balaban J connectivity index is 1.71. The van der Waals surface area contributed by atoms with Gasteiger partial charge in [0.1, 0.15) is 0 Å². The Morgan fingerprint density at radius 3 is 2.30 bits per heavy atom. The number of ether oxygens (including phenoxy) is 2. The van der Waals surface area contributed by atoms with Crippen LogP contribution in [0.4, 0.5) is 10.8 Å². The number of amides is 1. The lowest BCUT2D eigenvalue weighted by Crippen LogP contribution is -2.12. The Morgan fingerprint density at radius 2 is 1.67 bits per heavy atom. The van der Waals surface area contributed by atoms with Gasteiger partial charge in [-0.05, 0) is 43.2 Å². The smallest absolute Gasteiger partial charge is 0.257 e. The fourth-order valence-corrected chi connectivity index (χ4v) is 4.14. The first kappa shape index (κ1) is 24.5. The highest BCUT2D eigenvalue weighted by molar-refractivity contribution is 7.92. The molecule has 0 saturated heterocycles. The van der Waals surface area contributed by atoms with Gasteiger partial charge in [0.15, 0.2) is 16.6 Å². The molecule has 0 aliphatic rings. The van der Waals surface area contributed by atoms with Crippen molar-refractivity contribution in [2.75, 3.05) is 29.5 Å². The molecular weight excluding hydrogens is 462 g/mol. The Kier molecular flexibility index (Phi) is 8.29. The van der Waals surface area contributed by atoms with E-state index >= 15 is 0 Å². The van der Waals surface area contributed by atoms with Gasteiger partial charge in [0.25, 0.3) is 5.91 Å². The molecule has 0 saturated carbocycles. The SMILES string of the molecule is CCCOc1ccc(C(=O)Nc2nc(-c3ccc(NS(C)(=O)=O)cc3)cs2)cc1OCCC. The first-order valence-electron chi connectivity index (χ1n) is 10.5.